The average molecular weight is 431 g/mol. The van der Waals surface area contributed by atoms with Gasteiger partial charge in [0.15, 0.2) is 17.7 Å². The van der Waals surface area contributed by atoms with E-state index in [-0.39, 0.29) is 36.5 Å². The Morgan fingerprint density at radius 2 is 2.06 bits per heavy atom. The largest absolute Gasteiger partial charge is 0.503 e. The van der Waals surface area contributed by atoms with E-state index in [1.54, 1.807) is 4.90 Å². The Labute approximate surface area is 175 Å². The highest BCUT2D eigenvalue weighted by Crippen LogP contribution is 2.38. The van der Waals surface area contributed by atoms with Crippen molar-refractivity contribution in [1.82, 2.24) is 14.8 Å². The second kappa shape index (κ2) is 7.16. The van der Waals surface area contributed by atoms with E-state index in [2.05, 4.69) is 5.32 Å². The van der Waals surface area contributed by atoms with Gasteiger partial charge in [0.25, 0.3) is 11.8 Å². The number of pyridine rings is 1. The summed E-state index contributed by atoms with van der Waals surface area (Å²) < 4.78 is 34.4. The summed E-state index contributed by atoms with van der Waals surface area (Å²) in [4.78, 5) is 39.8. The van der Waals surface area contributed by atoms with Crippen LogP contribution < -0.4 is 10.7 Å². The summed E-state index contributed by atoms with van der Waals surface area (Å²) in [6, 6.07) is 2.83. The molecule has 2 aliphatic heterocycles. The molecule has 0 unspecified atom stereocenters. The molecule has 3 heterocycles. The maximum absolute atomic E-state index is 13.8. The quantitative estimate of drug-likeness (QED) is 0.767. The lowest BCUT2D eigenvalue weighted by Crippen LogP contribution is -2.57. The van der Waals surface area contributed by atoms with Crippen LogP contribution in [0.5, 0.6) is 5.75 Å². The number of ether oxygens (including phenoxy) is 1. The number of hydrogen-bond acceptors (Lipinski definition) is 5. The van der Waals surface area contributed by atoms with Gasteiger partial charge in [0.1, 0.15) is 17.2 Å². The molecule has 1 saturated carbocycles. The molecular formula is C21H19F2N3O5. The normalized spacial score (nSPS) is 24.0. The Kier molecular flexibility index (Phi) is 4.54. The number of aromatic hydroxyl groups is 1. The molecule has 162 valence electrons. The second-order valence-corrected chi connectivity index (χ2v) is 8.03. The van der Waals surface area contributed by atoms with Crippen molar-refractivity contribution in [2.45, 2.75) is 50.7 Å². The van der Waals surface area contributed by atoms with Gasteiger partial charge >= 0.3 is 0 Å². The fourth-order valence-corrected chi connectivity index (χ4v) is 4.66. The molecule has 2 aromatic rings. The van der Waals surface area contributed by atoms with E-state index in [1.807, 2.05) is 0 Å². The van der Waals surface area contributed by atoms with Gasteiger partial charge in [0, 0.05) is 24.3 Å². The molecule has 2 bridgehead atoms. The third-order valence-corrected chi connectivity index (χ3v) is 6.15. The van der Waals surface area contributed by atoms with Crippen LogP contribution in [0, 0.1) is 11.6 Å². The third kappa shape index (κ3) is 3.18. The van der Waals surface area contributed by atoms with Crippen molar-refractivity contribution in [1.29, 1.82) is 0 Å². The van der Waals surface area contributed by atoms with Crippen LogP contribution in [0.25, 0.3) is 0 Å². The Balaban J connectivity index is 1.44. The van der Waals surface area contributed by atoms with E-state index in [4.69, 9.17) is 4.74 Å². The number of carbonyl (C=O) groups is 2. The fourth-order valence-electron chi connectivity index (χ4n) is 4.66. The van der Waals surface area contributed by atoms with Gasteiger partial charge in [-0.1, -0.05) is 0 Å². The summed E-state index contributed by atoms with van der Waals surface area (Å²) >= 11 is 0. The first kappa shape index (κ1) is 19.7. The molecule has 2 amide bonds. The minimum Gasteiger partial charge on any atom is -0.503 e. The van der Waals surface area contributed by atoms with Crippen molar-refractivity contribution in [3.05, 3.63) is 63.1 Å². The topological polar surface area (TPSA) is 101 Å². The molecule has 2 N–H and O–H groups in total. The first-order valence-electron chi connectivity index (χ1n) is 10.00. The number of carbonyl (C=O) groups excluding carboxylic acids is 2. The number of benzene rings is 1. The molecule has 5 rings (SSSR count). The molecule has 2 fully saturated rings. The monoisotopic (exact) mass is 431 g/mol. The highest BCUT2D eigenvalue weighted by Gasteiger charge is 2.47. The predicted octanol–water partition coefficient (Wildman–Crippen LogP) is 1.50. The van der Waals surface area contributed by atoms with Crippen molar-refractivity contribution in [2.24, 2.45) is 0 Å². The molecule has 1 aromatic carbocycles. The highest BCUT2D eigenvalue weighted by molar-refractivity contribution is 5.99. The Morgan fingerprint density at radius 1 is 1.26 bits per heavy atom. The first-order chi connectivity index (χ1) is 14.8. The van der Waals surface area contributed by atoms with E-state index >= 15 is 0 Å². The van der Waals surface area contributed by atoms with Crippen molar-refractivity contribution in [2.75, 3.05) is 0 Å². The summed E-state index contributed by atoms with van der Waals surface area (Å²) in [6.07, 6.45) is 3.10. The number of nitrogens with zero attached hydrogens (tertiary/aromatic N) is 2. The molecular weight excluding hydrogens is 412 g/mol. The van der Waals surface area contributed by atoms with Gasteiger partial charge in [0.2, 0.25) is 5.43 Å². The molecule has 1 saturated heterocycles. The lowest BCUT2D eigenvalue weighted by Gasteiger charge is -2.44. The molecule has 1 aromatic heterocycles. The molecule has 3 atom stereocenters. The summed E-state index contributed by atoms with van der Waals surface area (Å²) in [6.45, 7) is -0.188. The van der Waals surface area contributed by atoms with Gasteiger partial charge in [-0.25, -0.2) is 8.78 Å². The predicted molar refractivity (Wildman–Crippen MR) is 102 cm³/mol. The summed E-state index contributed by atoms with van der Waals surface area (Å²) in [7, 11) is 0. The SMILES string of the molecule is O=C(NCc1cc(F)ccc1F)c1cn2c(c(O)c1=O)C(=O)N1[C@H]3CC[C@H](C3)O[C@@H]1C2. The average Bonchev–Trinajstić information content (AvgIpc) is 3.11. The van der Waals surface area contributed by atoms with Gasteiger partial charge in [-0.3, -0.25) is 14.4 Å². The van der Waals surface area contributed by atoms with Crippen LogP contribution in [0.15, 0.2) is 29.2 Å². The smallest absolute Gasteiger partial charge is 0.276 e. The van der Waals surface area contributed by atoms with Crippen LogP contribution in [0.2, 0.25) is 0 Å². The number of rotatable bonds is 3. The molecule has 3 aliphatic rings. The van der Waals surface area contributed by atoms with Gasteiger partial charge in [-0.15, -0.1) is 0 Å². The van der Waals surface area contributed by atoms with Gasteiger partial charge in [-0.05, 0) is 37.5 Å². The lowest BCUT2D eigenvalue weighted by atomic mass is 10.1. The fraction of sp³-hybridized carbons (Fsp3) is 0.381. The number of nitrogens with one attached hydrogen (secondary N) is 1. The van der Waals surface area contributed by atoms with Crippen molar-refractivity contribution < 1.29 is 28.2 Å². The van der Waals surface area contributed by atoms with Crippen LogP contribution in [0.4, 0.5) is 8.78 Å². The van der Waals surface area contributed by atoms with E-state index in [0.29, 0.717) is 0 Å². The molecule has 0 radical (unpaired) electrons. The number of amides is 2. The van der Waals surface area contributed by atoms with Crippen molar-refractivity contribution >= 4 is 11.8 Å². The number of aromatic nitrogens is 1. The van der Waals surface area contributed by atoms with Gasteiger partial charge in [0.05, 0.1) is 12.6 Å². The lowest BCUT2D eigenvalue weighted by molar-refractivity contribution is -0.132. The highest BCUT2D eigenvalue weighted by atomic mass is 19.1. The summed E-state index contributed by atoms with van der Waals surface area (Å²) in [5, 5.41) is 12.8. The van der Waals surface area contributed by atoms with Crippen LogP contribution in [-0.4, -0.2) is 44.8 Å². The molecule has 31 heavy (non-hydrogen) atoms. The van der Waals surface area contributed by atoms with Gasteiger partial charge < -0.3 is 24.6 Å². The maximum Gasteiger partial charge on any atom is 0.276 e. The number of halogens is 2. The van der Waals surface area contributed by atoms with Crippen molar-refractivity contribution in [3.63, 3.8) is 0 Å². The van der Waals surface area contributed by atoms with E-state index in [1.165, 1.54) is 10.8 Å². The van der Waals surface area contributed by atoms with Crippen LogP contribution >= 0.6 is 0 Å². The minimum atomic E-state index is -1.00. The zero-order valence-corrected chi connectivity index (χ0v) is 16.3. The summed E-state index contributed by atoms with van der Waals surface area (Å²) in [5.74, 6) is -3.57. The van der Waals surface area contributed by atoms with Gasteiger partial charge in [-0.2, -0.15) is 0 Å². The standard InChI is InChI=1S/C21H19F2N3O5/c22-11-1-4-15(23)10(5-11)7-24-20(29)14-8-25-9-16-26(12-2-3-13(6-12)31-16)21(30)17(25)19(28)18(14)27/h1,4-5,8,12-13,16,28H,2-3,6-7,9H2,(H,24,29)/t12-,13+,16+/m0/s1. The zero-order valence-electron chi connectivity index (χ0n) is 16.3. The minimum absolute atomic E-state index is 0.00337. The molecule has 10 heteroatoms. The van der Waals surface area contributed by atoms with Crippen LogP contribution in [0.3, 0.4) is 0 Å². The van der Waals surface area contributed by atoms with Crippen LogP contribution in [0.1, 0.15) is 45.7 Å². The Hall–Kier alpha value is -3.27. The number of fused-ring (bicyclic) bond motifs is 5. The van der Waals surface area contributed by atoms with E-state index in [0.717, 1.165) is 37.5 Å². The Morgan fingerprint density at radius 3 is 2.87 bits per heavy atom. The maximum atomic E-state index is 13.8. The zero-order chi connectivity index (χ0) is 21.9. The molecule has 8 nitrogen and oxygen atoms in total. The first-order valence-corrected chi connectivity index (χ1v) is 10.00. The third-order valence-electron chi connectivity index (χ3n) is 6.15. The number of hydrogen-bond donors (Lipinski definition) is 2. The van der Waals surface area contributed by atoms with Crippen LogP contribution in [-0.2, 0) is 17.8 Å². The molecule has 1 aliphatic carbocycles. The Bertz CT molecular complexity index is 1160. The van der Waals surface area contributed by atoms with E-state index in [9.17, 15) is 28.3 Å². The van der Waals surface area contributed by atoms with Crippen molar-refractivity contribution in [3.8, 4) is 5.75 Å². The molecule has 0 spiro atoms. The van der Waals surface area contributed by atoms with E-state index < -0.39 is 46.4 Å². The summed E-state index contributed by atoms with van der Waals surface area (Å²) in [5.41, 5.74) is -1.67. The second-order valence-electron chi connectivity index (χ2n) is 8.03.